The van der Waals surface area contributed by atoms with Crippen molar-refractivity contribution in [1.82, 2.24) is 0 Å². The van der Waals surface area contributed by atoms with Crippen molar-refractivity contribution in [3.05, 3.63) is 108 Å². The molecule has 0 saturated heterocycles. The van der Waals surface area contributed by atoms with Crippen molar-refractivity contribution < 1.29 is 23.1 Å². The first kappa shape index (κ1) is 42.4. The summed E-state index contributed by atoms with van der Waals surface area (Å²) in [7, 11) is -2.07. The van der Waals surface area contributed by atoms with Gasteiger partial charge in [0.15, 0.2) is 0 Å². The third kappa shape index (κ3) is 18.2. The van der Waals surface area contributed by atoms with Gasteiger partial charge in [-0.15, -0.1) is 9.05 Å². The van der Waals surface area contributed by atoms with E-state index in [9.17, 15) is 4.57 Å². The molecule has 54 heavy (non-hydrogen) atoms. The second-order valence-corrected chi connectivity index (χ2v) is 14.3. The molecule has 0 aliphatic heterocycles. The first-order chi connectivity index (χ1) is 26.6. The van der Waals surface area contributed by atoms with E-state index >= 15 is 0 Å². The molecule has 0 aliphatic rings. The maximum Gasteiger partial charge on any atom is 0.697 e. The van der Waals surface area contributed by atoms with Crippen LogP contribution in [0.15, 0.2) is 118 Å². The van der Waals surface area contributed by atoms with E-state index in [0.29, 0.717) is 26.4 Å². The minimum Gasteiger partial charge on any atom is -0.494 e. The number of azo groups is 2. The molecule has 4 rings (SSSR count). The molecule has 0 fully saturated rings. The number of ether oxygens (including phenoxy) is 2. The number of rotatable bonds is 28. The Labute approximate surface area is 323 Å². The number of aryl methyl sites for hydroxylation is 2. The molecule has 10 heteroatoms. The van der Waals surface area contributed by atoms with Gasteiger partial charge in [0, 0.05) is 4.57 Å². The van der Waals surface area contributed by atoms with Gasteiger partial charge >= 0.3 is 8.25 Å². The van der Waals surface area contributed by atoms with Gasteiger partial charge in [0.2, 0.25) is 0 Å². The Balaban J connectivity index is 0.927. The third-order valence-electron chi connectivity index (χ3n) is 8.75. The smallest absolute Gasteiger partial charge is 0.494 e. The van der Waals surface area contributed by atoms with Crippen LogP contribution in [0.1, 0.15) is 102 Å². The van der Waals surface area contributed by atoms with Crippen molar-refractivity contribution in [1.29, 1.82) is 0 Å². The Morgan fingerprint density at radius 3 is 1.06 bits per heavy atom. The summed E-state index contributed by atoms with van der Waals surface area (Å²) < 4.78 is 34.5. The largest absolute Gasteiger partial charge is 0.697 e. The van der Waals surface area contributed by atoms with Crippen LogP contribution >= 0.6 is 8.25 Å². The van der Waals surface area contributed by atoms with Gasteiger partial charge in [-0.1, -0.05) is 63.8 Å². The number of unbranched alkanes of at least 4 members (excludes halogenated alkanes) is 8. The molecule has 4 aromatic carbocycles. The van der Waals surface area contributed by atoms with Gasteiger partial charge in [0.1, 0.15) is 24.7 Å². The van der Waals surface area contributed by atoms with Gasteiger partial charge in [-0.3, -0.25) is 0 Å². The van der Waals surface area contributed by atoms with Gasteiger partial charge in [-0.2, -0.15) is 20.5 Å². The molecule has 0 radical (unpaired) electrons. The van der Waals surface area contributed by atoms with Crippen LogP contribution < -0.4 is 9.47 Å². The van der Waals surface area contributed by atoms with E-state index in [1.165, 1.54) is 36.8 Å². The minimum absolute atomic E-state index is 0.434. The predicted molar refractivity (Wildman–Crippen MR) is 219 cm³/mol. The Hall–Kier alpha value is -4.30. The summed E-state index contributed by atoms with van der Waals surface area (Å²) in [5.74, 6) is 1.64. The minimum atomic E-state index is -2.07. The van der Waals surface area contributed by atoms with Crippen molar-refractivity contribution in [3.63, 3.8) is 0 Å². The fourth-order valence-corrected chi connectivity index (χ4v) is 6.11. The fourth-order valence-electron chi connectivity index (χ4n) is 5.48. The van der Waals surface area contributed by atoms with E-state index in [1.54, 1.807) is 0 Å². The van der Waals surface area contributed by atoms with Crippen LogP contribution in [-0.2, 0) is 26.5 Å². The van der Waals surface area contributed by atoms with Gasteiger partial charge in [0.25, 0.3) is 0 Å². The van der Waals surface area contributed by atoms with Crippen molar-refractivity contribution in [2.75, 3.05) is 26.4 Å². The molecule has 0 saturated carbocycles. The van der Waals surface area contributed by atoms with Gasteiger partial charge in [0.05, 0.1) is 36.0 Å². The molecular formula is C44H58N4O5P+. The summed E-state index contributed by atoms with van der Waals surface area (Å²) in [4.78, 5) is 0. The van der Waals surface area contributed by atoms with Crippen LogP contribution in [0.5, 0.6) is 11.5 Å². The lowest BCUT2D eigenvalue weighted by molar-refractivity contribution is 0.216. The second kappa shape index (κ2) is 26.5. The molecule has 0 atom stereocenters. The first-order valence-corrected chi connectivity index (χ1v) is 20.9. The Kier molecular flexibility index (Phi) is 20.8. The summed E-state index contributed by atoms with van der Waals surface area (Å²) >= 11 is 0. The number of nitrogens with zero attached hydrogens (tertiary/aromatic N) is 4. The zero-order valence-corrected chi connectivity index (χ0v) is 33.1. The van der Waals surface area contributed by atoms with Crippen LogP contribution in [0.4, 0.5) is 22.7 Å². The van der Waals surface area contributed by atoms with Crippen LogP contribution in [0, 0.1) is 0 Å². The molecule has 0 bridgehead atoms. The highest BCUT2D eigenvalue weighted by Gasteiger charge is 2.19. The van der Waals surface area contributed by atoms with E-state index < -0.39 is 8.25 Å². The van der Waals surface area contributed by atoms with Crippen molar-refractivity contribution in [2.45, 2.75) is 104 Å². The van der Waals surface area contributed by atoms with E-state index in [4.69, 9.17) is 18.5 Å². The third-order valence-corrected chi connectivity index (χ3v) is 9.54. The highest BCUT2D eigenvalue weighted by Crippen LogP contribution is 2.26. The summed E-state index contributed by atoms with van der Waals surface area (Å²) in [6.07, 6.45) is 14.6. The normalized spacial score (nSPS) is 11.8. The summed E-state index contributed by atoms with van der Waals surface area (Å²) in [5, 5.41) is 17.4. The van der Waals surface area contributed by atoms with Crippen LogP contribution in [0.2, 0.25) is 0 Å². The number of benzene rings is 4. The Morgan fingerprint density at radius 2 is 0.722 bits per heavy atom. The van der Waals surface area contributed by atoms with Crippen LogP contribution in [-0.4, -0.2) is 26.4 Å². The number of hydrogen-bond acceptors (Lipinski definition) is 9. The monoisotopic (exact) mass is 753 g/mol. The van der Waals surface area contributed by atoms with Crippen LogP contribution in [0.25, 0.3) is 0 Å². The highest BCUT2D eigenvalue weighted by molar-refractivity contribution is 7.33. The molecule has 0 aliphatic carbocycles. The molecule has 288 valence electrons. The maximum atomic E-state index is 12.0. The lowest BCUT2D eigenvalue weighted by Crippen LogP contribution is -1.98. The zero-order chi connectivity index (χ0) is 37.9. The summed E-state index contributed by atoms with van der Waals surface area (Å²) in [5.41, 5.74) is 5.96. The first-order valence-electron chi connectivity index (χ1n) is 19.8. The van der Waals surface area contributed by atoms with Gasteiger partial charge in [-0.25, -0.2) is 0 Å². The fraction of sp³-hybridized carbons (Fsp3) is 0.455. The SMILES string of the molecule is CCCCc1ccc(N=Nc2ccc(OCCCCCCO[P+](=O)OCCCCCCOc3ccc(N=Nc4ccc(CCCC)cc4)cc3)cc2)cc1. The molecule has 0 unspecified atom stereocenters. The maximum absolute atomic E-state index is 12.0. The Bertz CT molecular complexity index is 1520. The predicted octanol–water partition coefficient (Wildman–Crippen LogP) is 14.5. The number of hydrogen-bond donors (Lipinski definition) is 0. The average Bonchev–Trinajstić information content (AvgIpc) is 3.21. The van der Waals surface area contributed by atoms with E-state index in [0.717, 1.165) is 98.5 Å². The Morgan fingerprint density at radius 1 is 0.407 bits per heavy atom. The van der Waals surface area contributed by atoms with Crippen molar-refractivity contribution in [2.24, 2.45) is 20.5 Å². The van der Waals surface area contributed by atoms with E-state index in [2.05, 4.69) is 58.6 Å². The topological polar surface area (TPSA) is 103 Å². The molecule has 0 spiro atoms. The molecule has 0 aromatic heterocycles. The molecule has 4 aromatic rings. The van der Waals surface area contributed by atoms with Crippen molar-refractivity contribution >= 4 is 31.0 Å². The zero-order valence-electron chi connectivity index (χ0n) is 32.2. The van der Waals surface area contributed by atoms with Gasteiger partial charge in [-0.05, 0) is 148 Å². The van der Waals surface area contributed by atoms with Gasteiger partial charge < -0.3 is 9.47 Å². The lowest BCUT2D eigenvalue weighted by atomic mass is 10.1. The average molecular weight is 754 g/mol. The molecule has 9 nitrogen and oxygen atoms in total. The second-order valence-electron chi connectivity index (χ2n) is 13.3. The van der Waals surface area contributed by atoms with Crippen LogP contribution in [0.3, 0.4) is 0 Å². The molecule has 0 heterocycles. The summed E-state index contributed by atoms with van der Waals surface area (Å²) in [6.45, 7) is 6.57. The molecule has 0 N–H and O–H groups in total. The molecule has 0 amide bonds. The van der Waals surface area contributed by atoms with E-state index in [-0.39, 0.29) is 0 Å². The quantitative estimate of drug-likeness (QED) is 0.0326. The highest BCUT2D eigenvalue weighted by atomic mass is 31.1. The summed E-state index contributed by atoms with van der Waals surface area (Å²) in [6, 6.07) is 31.9. The van der Waals surface area contributed by atoms with E-state index in [1.807, 2.05) is 72.8 Å². The molecular weight excluding hydrogens is 695 g/mol. The standard InChI is InChI=1S/C44H58N4O5P/c1-3-5-15-37-17-21-39(22-18-37)45-47-41-25-29-43(30-26-41)50-33-11-7-9-13-35-52-54(49)53-36-14-10-8-12-34-51-44-31-27-42(28-32-44)48-46-40-23-19-38(20-24-40)16-6-4-2/h17-32H,3-16,33-36H2,1-2H3/q+1. The lowest BCUT2D eigenvalue weighted by Gasteiger charge is -2.06. The van der Waals surface area contributed by atoms with Crippen molar-refractivity contribution in [3.8, 4) is 11.5 Å².